The standard InChI is InChI=1S/C28H40N4O5S/c1-17(2)26-19(4)9-10-24(34)30-11-5-7-18(3)13-21(33)14-20(29)15-25-31-22(16-38-25)27(35)32-12-6-8-23(32)28(36)37-26/h5,7,9-10,13,16-17,19-21,23,26,33H,6,8,11-12,14-15,29H2,1-4H3,(H,30,34)/b7-5?,10-9+,18-13?/t19-,20-,21-,23-,26-/m1/s1. The zero-order chi connectivity index (χ0) is 27.8. The number of hydrogen-bond acceptors (Lipinski definition) is 8. The first-order valence-corrected chi connectivity index (χ1v) is 14.1. The minimum absolute atomic E-state index is 0.0139. The lowest BCUT2D eigenvalue weighted by Gasteiger charge is -2.29. The van der Waals surface area contributed by atoms with Gasteiger partial charge in [-0.05, 0) is 38.2 Å². The van der Waals surface area contributed by atoms with Crippen LogP contribution in [0.1, 0.15) is 62.5 Å². The molecule has 3 rings (SSSR count). The Kier molecular flexibility index (Phi) is 10.8. The monoisotopic (exact) mass is 544 g/mol. The topological polar surface area (TPSA) is 135 Å². The fourth-order valence-corrected chi connectivity index (χ4v) is 5.69. The minimum atomic E-state index is -0.735. The van der Waals surface area contributed by atoms with Gasteiger partial charge in [-0.1, -0.05) is 50.6 Å². The van der Waals surface area contributed by atoms with Gasteiger partial charge in [-0.15, -0.1) is 11.3 Å². The molecule has 0 aliphatic carbocycles. The van der Waals surface area contributed by atoms with Crippen molar-refractivity contribution in [1.82, 2.24) is 15.2 Å². The molecule has 38 heavy (non-hydrogen) atoms. The Morgan fingerprint density at radius 3 is 2.76 bits per heavy atom. The third kappa shape index (κ3) is 8.34. The van der Waals surface area contributed by atoms with Gasteiger partial charge >= 0.3 is 5.97 Å². The molecule has 1 aromatic heterocycles. The van der Waals surface area contributed by atoms with Crippen LogP contribution in [-0.2, 0) is 20.7 Å². The van der Waals surface area contributed by atoms with Crippen LogP contribution in [0.3, 0.4) is 0 Å². The molecular formula is C28H40N4O5S. The van der Waals surface area contributed by atoms with Gasteiger partial charge in [-0.2, -0.15) is 0 Å². The molecule has 2 aliphatic heterocycles. The van der Waals surface area contributed by atoms with E-state index in [4.69, 9.17) is 10.5 Å². The highest BCUT2D eigenvalue weighted by atomic mass is 32.1. The number of aromatic nitrogens is 1. The van der Waals surface area contributed by atoms with E-state index in [1.54, 1.807) is 22.4 Å². The summed E-state index contributed by atoms with van der Waals surface area (Å²) in [6.07, 6.45) is 9.38. The Bertz CT molecular complexity index is 1080. The van der Waals surface area contributed by atoms with Crippen molar-refractivity contribution in [3.05, 3.63) is 52.0 Å². The van der Waals surface area contributed by atoms with Crippen molar-refractivity contribution in [2.24, 2.45) is 17.6 Å². The number of carbonyl (C=O) groups excluding carboxylic acids is 3. The highest BCUT2D eigenvalue weighted by molar-refractivity contribution is 7.09. The van der Waals surface area contributed by atoms with E-state index in [-0.39, 0.29) is 29.7 Å². The molecule has 0 aromatic carbocycles. The second kappa shape index (κ2) is 13.8. The van der Waals surface area contributed by atoms with Crippen molar-refractivity contribution in [1.29, 1.82) is 0 Å². The highest BCUT2D eigenvalue weighted by Crippen LogP contribution is 2.26. The zero-order valence-electron chi connectivity index (χ0n) is 22.6. The molecule has 0 spiro atoms. The molecule has 2 bridgehead atoms. The third-order valence-electron chi connectivity index (χ3n) is 6.75. The molecular weight excluding hydrogens is 504 g/mol. The number of allylic oxidation sites excluding steroid dienone is 2. The summed E-state index contributed by atoms with van der Waals surface area (Å²) in [6.45, 7) is 8.49. The second-order valence-corrected chi connectivity index (χ2v) is 11.4. The van der Waals surface area contributed by atoms with Crippen molar-refractivity contribution in [2.45, 2.75) is 77.7 Å². The number of hydrogen-bond donors (Lipinski definition) is 3. The predicted molar refractivity (Wildman–Crippen MR) is 147 cm³/mol. The van der Waals surface area contributed by atoms with E-state index in [1.165, 1.54) is 17.4 Å². The van der Waals surface area contributed by atoms with Crippen LogP contribution in [0.2, 0.25) is 0 Å². The molecule has 4 N–H and O–H groups in total. The quantitative estimate of drug-likeness (QED) is 0.463. The first kappa shape index (κ1) is 29.7. The number of cyclic esters (lactones) is 1. The fourth-order valence-electron chi connectivity index (χ4n) is 4.82. The van der Waals surface area contributed by atoms with Gasteiger partial charge in [0.15, 0.2) is 0 Å². The first-order valence-electron chi connectivity index (χ1n) is 13.3. The third-order valence-corrected chi connectivity index (χ3v) is 7.62. The van der Waals surface area contributed by atoms with Crippen LogP contribution in [0.5, 0.6) is 0 Å². The van der Waals surface area contributed by atoms with Crippen LogP contribution in [-0.4, -0.2) is 70.2 Å². The number of amides is 2. The molecule has 1 aromatic rings. The molecule has 2 aliphatic rings. The van der Waals surface area contributed by atoms with Crippen LogP contribution in [0.4, 0.5) is 0 Å². The van der Waals surface area contributed by atoms with Crippen molar-refractivity contribution in [3.8, 4) is 0 Å². The normalized spacial score (nSPS) is 29.4. The maximum atomic E-state index is 13.3. The van der Waals surface area contributed by atoms with Crippen LogP contribution in [0, 0.1) is 11.8 Å². The molecule has 2 amide bonds. The molecule has 1 fully saturated rings. The molecule has 5 atom stereocenters. The van der Waals surface area contributed by atoms with Crippen molar-refractivity contribution in [3.63, 3.8) is 0 Å². The Labute approximate surface area is 228 Å². The maximum Gasteiger partial charge on any atom is 0.329 e. The lowest BCUT2D eigenvalue weighted by Crippen LogP contribution is -2.44. The van der Waals surface area contributed by atoms with E-state index in [0.717, 1.165) is 5.57 Å². The van der Waals surface area contributed by atoms with Crippen LogP contribution in [0.15, 0.2) is 41.3 Å². The molecule has 9 nitrogen and oxygen atoms in total. The number of thiazole rings is 1. The van der Waals surface area contributed by atoms with Gasteiger partial charge in [0.1, 0.15) is 17.8 Å². The summed E-state index contributed by atoms with van der Waals surface area (Å²) in [5, 5.41) is 15.6. The van der Waals surface area contributed by atoms with E-state index in [1.807, 2.05) is 39.8 Å². The first-order chi connectivity index (χ1) is 18.0. The number of esters is 1. The highest BCUT2D eigenvalue weighted by Gasteiger charge is 2.38. The molecule has 0 saturated carbocycles. The van der Waals surface area contributed by atoms with Gasteiger partial charge in [-0.3, -0.25) is 9.59 Å². The number of aliphatic hydroxyl groups is 1. The summed E-state index contributed by atoms with van der Waals surface area (Å²) < 4.78 is 5.93. The van der Waals surface area contributed by atoms with Gasteiger partial charge in [0.2, 0.25) is 5.91 Å². The van der Waals surface area contributed by atoms with Gasteiger partial charge < -0.3 is 25.8 Å². The Morgan fingerprint density at radius 1 is 1.26 bits per heavy atom. The lowest BCUT2D eigenvalue weighted by atomic mass is 9.94. The predicted octanol–water partition coefficient (Wildman–Crippen LogP) is 2.76. The average Bonchev–Trinajstić information content (AvgIpc) is 3.52. The lowest BCUT2D eigenvalue weighted by molar-refractivity contribution is -0.158. The number of nitrogens with two attached hydrogens (primary N) is 1. The van der Waals surface area contributed by atoms with E-state index in [9.17, 15) is 19.5 Å². The van der Waals surface area contributed by atoms with E-state index >= 15 is 0 Å². The van der Waals surface area contributed by atoms with Gasteiger partial charge in [0.25, 0.3) is 5.91 Å². The Morgan fingerprint density at radius 2 is 2.03 bits per heavy atom. The number of carbonyl (C=O) groups is 3. The van der Waals surface area contributed by atoms with Crippen LogP contribution >= 0.6 is 11.3 Å². The Hall–Kier alpha value is -2.82. The van der Waals surface area contributed by atoms with Crippen molar-refractivity contribution >= 4 is 29.1 Å². The SMILES string of the molecule is CC1=C[C@@H](O)C[C@@H](N)Cc2nc(cs2)C(=O)N2CCC[C@@H]2C(=O)O[C@H](C(C)C)[C@H](C)/C=C/C(=O)NCC=C1. The maximum absolute atomic E-state index is 13.3. The second-order valence-electron chi connectivity index (χ2n) is 10.5. The smallest absolute Gasteiger partial charge is 0.329 e. The molecule has 0 radical (unpaired) electrons. The average molecular weight is 545 g/mol. The summed E-state index contributed by atoms with van der Waals surface area (Å²) in [7, 11) is 0. The van der Waals surface area contributed by atoms with Crippen molar-refractivity contribution in [2.75, 3.05) is 13.1 Å². The van der Waals surface area contributed by atoms with Crippen LogP contribution < -0.4 is 11.1 Å². The largest absolute Gasteiger partial charge is 0.460 e. The van der Waals surface area contributed by atoms with Crippen LogP contribution in [0.25, 0.3) is 0 Å². The number of nitrogens with one attached hydrogen (secondary N) is 1. The fraction of sp³-hybridized carbons (Fsp3) is 0.571. The Balaban J connectivity index is 1.85. The minimum Gasteiger partial charge on any atom is -0.460 e. The molecule has 3 heterocycles. The number of aliphatic hydroxyl groups excluding tert-OH is 1. The van der Waals surface area contributed by atoms with E-state index in [0.29, 0.717) is 49.5 Å². The summed E-state index contributed by atoms with van der Waals surface area (Å²) in [6, 6.07) is -1.02. The summed E-state index contributed by atoms with van der Waals surface area (Å²) in [5.41, 5.74) is 7.40. The number of fused-ring (bicyclic) bond motifs is 3. The van der Waals surface area contributed by atoms with Gasteiger partial charge in [-0.25, -0.2) is 9.78 Å². The zero-order valence-corrected chi connectivity index (χ0v) is 23.4. The van der Waals surface area contributed by atoms with Gasteiger partial charge in [0.05, 0.1) is 11.1 Å². The number of rotatable bonds is 1. The molecule has 1 saturated heterocycles. The van der Waals surface area contributed by atoms with E-state index in [2.05, 4.69) is 10.3 Å². The number of nitrogens with zero attached hydrogens (tertiary/aromatic N) is 2. The molecule has 10 heteroatoms. The summed E-state index contributed by atoms with van der Waals surface area (Å²) in [5.74, 6) is -1.17. The summed E-state index contributed by atoms with van der Waals surface area (Å²) in [4.78, 5) is 44.8. The van der Waals surface area contributed by atoms with E-state index < -0.39 is 24.2 Å². The molecule has 0 unspecified atom stereocenters. The van der Waals surface area contributed by atoms with Crippen molar-refractivity contribution < 1.29 is 24.2 Å². The summed E-state index contributed by atoms with van der Waals surface area (Å²) >= 11 is 1.35. The van der Waals surface area contributed by atoms with Gasteiger partial charge in [0, 0.05) is 36.9 Å². The molecule has 208 valence electrons. The number of ether oxygens (including phenoxy) is 1.